The van der Waals surface area contributed by atoms with Crippen LogP contribution < -0.4 is 5.32 Å². The van der Waals surface area contributed by atoms with E-state index in [4.69, 9.17) is 0 Å². The Morgan fingerprint density at radius 3 is 3.04 bits per heavy atom. The van der Waals surface area contributed by atoms with Gasteiger partial charge in [-0.15, -0.1) is 0 Å². The number of carbonyl (C=O) groups is 1. The molecule has 2 aromatic carbocycles. The molecule has 2 N–H and O–H groups in total. The molecule has 1 aromatic heterocycles. The Balaban J connectivity index is 1.37. The summed E-state index contributed by atoms with van der Waals surface area (Å²) < 4.78 is 0. The van der Waals surface area contributed by atoms with Crippen LogP contribution in [0.5, 0.6) is 0 Å². The molecule has 1 aliphatic carbocycles. The average Bonchev–Trinajstić information content (AvgIpc) is 3.20. The van der Waals surface area contributed by atoms with Gasteiger partial charge in [0.2, 0.25) is 5.91 Å². The van der Waals surface area contributed by atoms with E-state index in [2.05, 4.69) is 58.8 Å². The number of nitrogens with one attached hydrogen (secondary N) is 2. The lowest BCUT2D eigenvalue weighted by Gasteiger charge is -2.12. The molecule has 4 rings (SSSR count). The van der Waals surface area contributed by atoms with Crippen LogP contribution in [0, 0.1) is 0 Å². The molecule has 0 fully saturated rings. The first-order valence-corrected chi connectivity index (χ1v) is 8.20. The van der Waals surface area contributed by atoms with Gasteiger partial charge in [-0.1, -0.05) is 30.3 Å². The third kappa shape index (κ3) is 2.87. The fourth-order valence-corrected chi connectivity index (χ4v) is 3.57. The van der Waals surface area contributed by atoms with Crippen LogP contribution >= 0.6 is 0 Å². The summed E-state index contributed by atoms with van der Waals surface area (Å²) in [5, 5.41) is 4.25. The molecule has 23 heavy (non-hydrogen) atoms. The van der Waals surface area contributed by atoms with E-state index in [0.717, 1.165) is 23.9 Å². The molecule has 1 amide bonds. The Kier molecular flexibility index (Phi) is 3.62. The second-order valence-corrected chi connectivity index (χ2v) is 6.31. The molecule has 3 heteroatoms. The molecule has 3 nitrogen and oxygen atoms in total. The maximum Gasteiger partial charge on any atom is 0.220 e. The lowest BCUT2D eigenvalue weighted by molar-refractivity contribution is -0.121. The molecule has 0 unspecified atom stereocenters. The predicted molar refractivity (Wildman–Crippen MR) is 92.3 cm³/mol. The Hall–Kier alpha value is -2.55. The first-order chi connectivity index (χ1) is 11.3. The van der Waals surface area contributed by atoms with Crippen LogP contribution in [0.15, 0.2) is 54.7 Å². The van der Waals surface area contributed by atoms with Gasteiger partial charge in [-0.2, -0.15) is 0 Å². The zero-order valence-corrected chi connectivity index (χ0v) is 13.0. The van der Waals surface area contributed by atoms with Crippen molar-refractivity contribution >= 4 is 16.8 Å². The van der Waals surface area contributed by atoms with E-state index in [1.54, 1.807) is 0 Å². The first kappa shape index (κ1) is 14.1. The molecular weight excluding hydrogens is 284 g/mol. The highest BCUT2D eigenvalue weighted by Gasteiger charge is 2.23. The van der Waals surface area contributed by atoms with Crippen LogP contribution in [0.4, 0.5) is 0 Å². The van der Waals surface area contributed by atoms with E-state index in [0.29, 0.717) is 18.9 Å². The van der Waals surface area contributed by atoms with Crippen molar-refractivity contribution in [2.24, 2.45) is 0 Å². The zero-order valence-electron chi connectivity index (χ0n) is 13.0. The fraction of sp³-hybridized carbons (Fsp3) is 0.250. The van der Waals surface area contributed by atoms with Crippen LogP contribution in [-0.2, 0) is 17.8 Å². The number of aryl methyl sites for hydroxylation is 1. The summed E-state index contributed by atoms with van der Waals surface area (Å²) in [4.78, 5) is 15.5. The normalized spacial score (nSPS) is 16.4. The van der Waals surface area contributed by atoms with Gasteiger partial charge in [0.05, 0.1) is 0 Å². The summed E-state index contributed by atoms with van der Waals surface area (Å²) in [5.41, 5.74) is 5.03. The number of benzene rings is 2. The summed E-state index contributed by atoms with van der Waals surface area (Å²) in [5.74, 6) is 0.513. The molecule has 1 aliphatic rings. The number of aromatic nitrogens is 1. The number of amides is 1. The quantitative estimate of drug-likeness (QED) is 0.754. The molecule has 0 saturated carbocycles. The molecule has 0 radical (unpaired) electrons. The molecule has 1 heterocycles. The number of aromatic amines is 1. The van der Waals surface area contributed by atoms with Gasteiger partial charge in [0.15, 0.2) is 0 Å². The number of H-pyrrole nitrogens is 1. The number of fused-ring (bicyclic) bond motifs is 2. The van der Waals surface area contributed by atoms with E-state index in [9.17, 15) is 4.79 Å². The zero-order chi connectivity index (χ0) is 15.6. The third-order valence-electron chi connectivity index (χ3n) is 4.80. The molecular formula is C20H20N2O. The second-order valence-electron chi connectivity index (χ2n) is 6.31. The van der Waals surface area contributed by atoms with Crippen molar-refractivity contribution in [2.45, 2.75) is 31.7 Å². The Labute approximate surface area is 135 Å². The van der Waals surface area contributed by atoms with Crippen LogP contribution in [0.2, 0.25) is 0 Å². The van der Waals surface area contributed by atoms with Crippen LogP contribution in [0.3, 0.4) is 0 Å². The number of hydrogen-bond donors (Lipinski definition) is 2. The van der Waals surface area contributed by atoms with Gasteiger partial charge in [-0.25, -0.2) is 0 Å². The minimum Gasteiger partial charge on any atom is -0.361 e. The van der Waals surface area contributed by atoms with Crippen molar-refractivity contribution < 1.29 is 4.79 Å². The number of hydrogen-bond acceptors (Lipinski definition) is 1. The lowest BCUT2D eigenvalue weighted by Crippen LogP contribution is -2.24. The van der Waals surface area contributed by atoms with Crippen molar-refractivity contribution in [1.82, 2.24) is 10.3 Å². The first-order valence-electron chi connectivity index (χ1n) is 8.20. The summed E-state index contributed by atoms with van der Waals surface area (Å²) in [7, 11) is 0. The standard InChI is InChI=1S/C20H20N2O/c23-20(12-16-7-6-15-3-1-2-4-18(15)16)22-13-14-5-8-19-17(11-14)9-10-21-19/h1-5,8-11,16,21H,6-7,12-13H2,(H,22,23)/t16-/m0/s1. The highest BCUT2D eigenvalue weighted by atomic mass is 16.1. The van der Waals surface area contributed by atoms with Gasteiger partial charge in [0.25, 0.3) is 0 Å². The summed E-state index contributed by atoms with van der Waals surface area (Å²) >= 11 is 0. The number of rotatable bonds is 4. The third-order valence-corrected chi connectivity index (χ3v) is 4.80. The highest BCUT2D eigenvalue weighted by Crippen LogP contribution is 2.35. The SMILES string of the molecule is O=C(C[C@@H]1CCc2ccccc21)NCc1ccc2[nH]ccc2c1. The minimum atomic E-state index is 0.140. The smallest absolute Gasteiger partial charge is 0.220 e. The van der Waals surface area contributed by atoms with Gasteiger partial charge in [0.1, 0.15) is 0 Å². The molecule has 1 atom stereocenters. The maximum atomic E-state index is 12.3. The molecule has 116 valence electrons. The summed E-state index contributed by atoms with van der Waals surface area (Å²) in [6, 6.07) is 16.8. The Morgan fingerprint density at radius 2 is 2.09 bits per heavy atom. The Bertz CT molecular complexity index is 849. The summed E-state index contributed by atoms with van der Waals surface area (Å²) in [6.07, 6.45) is 4.70. The van der Waals surface area contributed by atoms with Crippen molar-refractivity contribution in [3.63, 3.8) is 0 Å². The van der Waals surface area contributed by atoms with Gasteiger partial charge in [-0.05, 0) is 59.0 Å². The van der Waals surface area contributed by atoms with Gasteiger partial charge >= 0.3 is 0 Å². The topological polar surface area (TPSA) is 44.9 Å². The van der Waals surface area contributed by atoms with Gasteiger partial charge in [-0.3, -0.25) is 4.79 Å². The van der Waals surface area contributed by atoms with Crippen molar-refractivity contribution in [3.8, 4) is 0 Å². The Morgan fingerprint density at radius 1 is 1.17 bits per heavy atom. The largest absolute Gasteiger partial charge is 0.361 e. The summed E-state index contributed by atoms with van der Waals surface area (Å²) in [6.45, 7) is 0.592. The van der Waals surface area contributed by atoms with E-state index in [1.165, 1.54) is 16.5 Å². The van der Waals surface area contributed by atoms with Crippen LogP contribution in [0.25, 0.3) is 10.9 Å². The molecule has 0 bridgehead atoms. The van der Waals surface area contributed by atoms with E-state index in [-0.39, 0.29) is 5.91 Å². The maximum absolute atomic E-state index is 12.3. The molecule has 0 spiro atoms. The van der Waals surface area contributed by atoms with Crippen molar-refractivity contribution in [3.05, 3.63) is 71.4 Å². The fourth-order valence-electron chi connectivity index (χ4n) is 3.57. The molecule has 0 saturated heterocycles. The van der Waals surface area contributed by atoms with E-state index in [1.807, 2.05) is 6.20 Å². The van der Waals surface area contributed by atoms with Crippen LogP contribution in [0.1, 0.15) is 35.4 Å². The van der Waals surface area contributed by atoms with E-state index < -0.39 is 0 Å². The van der Waals surface area contributed by atoms with Crippen molar-refractivity contribution in [1.29, 1.82) is 0 Å². The number of carbonyl (C=O) groups excluding carboxylic acids is 1. The minimum absolute atomic E-state index is 0.140. The monoisotopic (exact) mass is 304 g/mol. The van der Waals surface area contributed by atoms with E-state index >= 15 is 0 Å². The van der Waals surface area contributed by atoms with Gasteiger partial charge in [0, 0.05) is 24.7 Å². The molecule has 0 aliphatic heterocycles. The average molecular weight is 304 g/mol. The second kappa shape index (κ2) is 5.92. The van der Waals surface area contributed by atoms with Crippen LogP contribution in [-0.4, -0.2) is 10.9 Å². The lowest BCUT2D eigenvalue weighted by atomic mass is 9.97. The van der Waals surface area contributed by atoms with Gasteiger partial charge < -0.3 is 10.3 Å². The van der Waals surface area contributed by atoms with Crippen molar-refractivity contribution in [2.75, 3.05) is 0 Å². The predicted octanol–water partition coefficient (Wildman–Crippen LogP) is 3.90. The highest BCUT2D eigenvalue weighted by molar-refractivity contribution is 5.80. The molecule has 3 aromatic rings.